The molecule has 0 aliphatic rings. The summed E-state index contributed by atoms with van der Waals surface area (Å²) < 4.78 is 0. The highest BCUT2D eigenvalue weighted by atomic mass is 16.2. The van der Waals surface area contributed by atoms with E-state index in [9.17, 15) is 4.79 Å². The van der Waals surface area contributed by atoms with Crippen molar-refractivity contribution in [2.24, 2.45) is 11.1 Å². The molecule has 0 aromatic carbocycles. The van der Waals surface area contributed by atoms with Gasteiger partial charge in [0.15, 0.2) is 0 Å². The standard InChI is InChI=1S/C15H32N2O/c1-7-8-9-10-17(12(2)3)14(18)11-13(16)15(4,5)6/h12-13H,7-11,16H2,1-6H3. The fraction of sp³-hybridized carbons (Fsp3) is 0.933. The van der Waals surface area contributed by atoms with Crippen molar-refractivity contribution in [1.29, 1.82) is 0 Å². The number of rotatable bonds is 7. The Morgan fingerprint density at radius 1 is 1.22 bits per heavy atom. The van der Waals surface area contributed by atoms with E-state index in [-0.39, 0.29) is 23.4 Å². The van der Waals surface area contributed by atoms with Crippen molar-refractivity contribution in [2.45, 2.75) is 79.3 Å². The average Bonchev–Trinajstić information content (AvgIpc) is 2.22. The molecule has 0 saturated carbocycles. The zero-order chi connectivity index (χ0) is 14.3. The topological polar surface area (TPSA) is 46.3 Å². The van der Waals surface area contributed by atoms with E-state index in [2.05, 4.69) is 41.5 Å². The van der Waals surface area contributed by atoms with E-state index in [0.717, 1.165) is 13.0 Å². The third kappa shape index (κ3) is 6.39. The van der Waals surface area contributed by atoms with Gasteiger partial charge in [-0.25, -0.2) is 0 Å². The van der Waals surface area contributed by atoms with Gasteiger partial charge in [0, 0.05) is 25.0 Å². The molecule has 18 heavy (non-hydrogen) atoms. The van der Waals surface area contributed by atoms with Crippen molar-refractivity contribution in [3.8, 4) is 0 Å². The van der Waals surface area contributed by atoms with Crippen molar-refractivity contribution in [3.63, 3.8) is 0 Å². The van der Waals surface area contributed by atoms with Gasteiger partial charge >= 0.3 is 0 Å². The van der Waals surface area contributed by atoms with Gasteiger partial charge in [-0.3, -0.25) is 4.79 Å². The molecule has 0 heterocycles. The van der Waals surface area contributed by atoms with E-state index in [1.54, 1.807) is 0 Å². The van der Waals surface area contributed by atoms with Crippen LogP contribution in [0.3, 0.4) is 0 Å². The first kappa shape index (κ1) is 17.4. The highest BCUT2D eigenvalue weighted by Crippen LogP contribution is 2.21. The lowest BCUT2D eigenvalue weighted by molar-refractivity contribution is -0.133. The molecule has 0 aliphatic carbocycles. The minimum Gasteiger partial charge on any atom is -0.340 e. The van der Waals surface area contributed by atoms with E-state index < -0.39 is 0 Å². The number of amides is 1. The Hall–Kier alpha value is -0.570. The molecule has 1 atom stereocenters. The lowest BCUT2D eigenvalue weighted by atomic mass is 9.85. The number of hydrogen-bond donors (Lipinski definition) is 1. The zero-order valence-corrected chi connectivity index (χ0v) is 13.1. The van der Waals surface area contributed by atoms with Crippen LogP contribution in [0.15, 0.2) is 0 Å². The maximum atomic E-state index is 12.3. The molecule has 0 radical (unpaired) electrons. The second-order valence-corrected chi connectivity index (χ2v) is 6.56. The van der Waals surface area contributed by atoms with Crippen molar-refractivity contribution in [1.82, 2.24) is 4.90 Å². The van der Waals surface area contributed by atoms with Gasteiger partial charge < -0.3 is 10.6 Å². The SMILES string of the molecule is CCCCCN(C(=O)CC(N)C(C)(C)C)C(C)C. The summed E-state index contributed by atoms with van der Waals surface area (Å²) in [6, 6.07) is 0.193. The van der Waals surface area contributed by atoms with E-state index in [0.29, 0.717) is 6.42 Å². The van der Waals surface area contributed by atoms with Gasteiger partial charge in [-0.15, -0.1) is 0 Å². The molecule has 1 unspecified atom stereocenters. The summed E-state index contributed by atoms with van der Waals surface area (Å²) in [6.45, 7) is 13.4. The van der Waals surface area contributed by atoms with Crippen molar-refractivity contribution >= 4 is 5.91 Å². The Balaban J connectivity index is 4.39. The smallest absolute Gasteiger partial charge is 0.224 e. The highest BCUT2D eigenvalue weighted by Gasteiger charge is 2.26. The summed E-state index contributed by atoms with van der Waals surface area (Å²) in [5.74, 6) is 0.198. The molecule has 2 N–H and O–H groups in total. The van der Waals surface area contributed by atoms with Gasteiger partial charge in [0.1, 0.15) is 0 Å². The normalized spacial score (nSPS) is 13.8. The summed E-state index contributed by atoms with van der Waals surface area (Å²) in [7, 11) is 0. The van der Waals surface area contributed by atoms with Gasteiger partial charge in [-0.1, -0.05) is 40.5 Å². The van der Waals surface area contributed by atoms with E-state index in [1.807, 2.05) is 4.90 Å². The van der Waals surface area contributed by atoms with Crippen LogP contribution in [-0.4, -0.2) is 29.4 Å². The molecule has 0 rings (SSSR count). The molecule has 3 heteroatoms. The van der Waals surface area contributed by atoms with Crippen molar-refractivity contribution in [3.05, 3.63) is 0 Å². The molecule has 0 saturated heterocycles. The maximum absolute atomic E-state index is 12.3. The van der Waals surface area contributed by atoms with Crippen LogP contribution in [0.1, 0.15) is 67.2 Å². The maximum Gasteiger partial charge on any atom is 0.224 e. The number of carbonyl (C=O) groups is 1. The molecule has 108 valence electrons. The number of carbonyl (C=O) groups excluding carboxylic acids is 1. The van der Waals surface area contributed by atoms with Crippen LogP contribution in [0.25, 0.3) is 0 Å². The number of hydrogen-bond acceptors (Lipinski definition) is 2. The number of unbranched alkanes of at least 4 members (excludes halogenated alkanes) is 2. The van der Waals surface area contributed by atoms with Crippen LogP contribution in [0.5, 0.6) is 0 Å². The molecular formula is C15H32N2O. The average molecular weight is 256 g/mol. The van der Waals surface area contributed by atoms with Crippen LogP contribution in [0.2, 0.25) is 0 Å². The van der Waals surface area contributed by atoms with Gasteiger partial charge in [0.05, 0.1) is 0 Å². The van der Waals surface area contributed by atoms with E-state index >= 15 is 0 Å². The second-order valence-electron chi connectivity index (χ2n) is 6.56. The Kier molecular flexibility index (Phi) is 7.53. The highest BCUT2D eigenvalue weighted by molar-refractivity contribution is 5.77. The van der Waals surface area contributed by atoms with Gasteiger partial charge in [-0.2, -0.15) is 0 Å². The number of nitrogens with two attached hydrogens (primary N) is 1. The first-order valence-corrected chi connectivity index (χ1v) is 7.25. The predicted octanol–water partition coefficient (Wildman–Crippen LogP) is 3.18. The molecule has 3 nitrogen and oxygen atoms in total. The molecule has 1 amide bonds. The third-order valence-electron chi connectivity index (χ3n) is 3.45. The van der Waals surface area contributed by atoms with Crippen molar-refractivity contribution in [2.75, 3.05) is 6.54 Å². The minimum absolute atomic E-state index is 0.0122. The van der Waals surface area contributed by atoms with E-state index in [4.69, 9.17) is 5.73 Å². The fourth-order valence-corrected chi connectivity index (χ4v) is 1.81. The Bertz CT molecular complexity index is 243. The van der Waals surface area contributed by atoms with Crippen LogP contribution >= 0.6 is 0 Å². The molecule has 0 bridgehead atoms. The monoisotopic (exact) mass is 256 g/mol. The third-order valence-corrected chi connectivity index (χ3v) is 3.45. The van der Waals surface area contributed by atoms with Crippen LogP contribution in [0.4, 0.5) is 0 Å². The summed E-state index contributed by atoms with van der Waals surface area (Å²) in [6.07, 6.45) is 3.91. The minimum atomic E-state index is -0.0718. The lowest BCUT2D eigenvalue weighted by Gasteiger charge is -2.32. The van der Waals surface area contributed by atoms with Gasteiger partial charge in [0.2, 0.25) is 5.91 Å². The van der Waals surface area contributed by atoms with Gasteiger partial charge in [-0.05, 0) is 25.7 Å². The quantitative estimate of drug-likeness (QED) is 0.711. The molecular weight excluding hydrogens is 224 g/mol. The van der Waals surface area contributed by atoms with E-state index in [1.165, 1.54) is 12.8 Å². The predicted molar refractivity (Wildman–Crippen MR) is 78.4 cm³/mol. The Labute approximate surface area is 113 Å². The summed E-state index contributed by atoms with van der Waals surface area (Å²) >= 11 is 0. The van der Waals surface area contributed by atoms with Crippen molar-refractivity contribution < 1.29 is 4.79 Å². The lowest BCUT2D eigenvalue weighted by Crippen LogP contribution is -2.44. The zero-order valence-electron chi connectivity index (χ0n) is 13.1. The van der Waals surface area contributed by atoms with Crippen LogP contribution in [0, 0.1) is 5.41 Å². The Morgan fingerprint density at radius 3 is 2.17 bits per heavy atom. The first-order chi connectivity index (χ1) is 8.20. The first-order valence-electron chi connectivity index (χ1n) is 7.25. The molecule has 0 aromatic rings. The summed E-state index contributed by atoms with van der Waals surface area (Å²) in [5.41, 5.74) is 6.08. The number of nitrogens with zero attached hydrogens (tertiary/aromatic N) is 1. The molecule has 0 fully saturated rings. The molecule has 0 spiro atoms. The second kappa shape index (κ2) is 7.78. The Morgan fingerprint density at radius 2 is 1.78 bits per heavy atom. The van der Waals surface area contributed by atoms with Gasteiger partial charge in [0.25, 0.3) is 0 Å². The summed E-state index contributed by atoms with van der Waals surface area (Å²) in [4.78, 5) is 14.3. The molecule has 0 aromatic heterocycles. The van der Waals surface area contributed by atoms with Crippen LogP contribution in [-0.2, 0) is 4.79 Å². The molecule has 0 aliphatic heterocycles. The fourth-order valence-electron chi connectivity index (χ4n) is 1.81. The van der Waals surface area contributed by atoms with Crippen LogP contribution < -0.4 is 5.73 Å². The largest absolute Gasteiger partial charge is 0.340 e. The summed E-state index contributed by atoms with van der Waals surface area (Å²) in [5, 5.41) is 0.